The predicted octanol–water partition coefficient (Wildman–Crippen LogP) is 23.8. The zero-order valence-corrected chi connectivity index (χ0v) is 47.9. The molecular weight excluding hydrogens is 1060 g/mol. The summed E-state index contributed by atoms with van der Waals surface area (Å²) in [4.78, 5) is 4.88. The zero-order chi connectivity index (χ0) is 57.5. The van der Waals surface area contributed by atoms with Crippen LogP contribution in [0.4, 0.5) is 34.1 Å². The van der Waals surface area contributed by atoms with E-state index in [-0.39, 0.29) is 0 Å². The Balaban J connectivity index is 0.847. The maximum Gasteiger partial charge on any atom is 0.160 e. The lowest BCUT2D eigenvalue weighted by molar-refractivity contribution is 0.660. The minimum absolute atomic E-state index is 0.443. The van der Waals surface area contributed by atoms with E-state index in [1.807, 2.05) is 0 Å². The second kappa shape index (κ2) is 18.9. The van der Waals surface area contributed by atoms with Crippen LogP contribution in [0.15, 0.2) is 300 Å². The number of fused-ring (bicyclic) bond motifs is 17. The van der Waals surface area contributed by atoms with Crippen LogP contribution >= 0.6 is 0 Å². The highest BCUT2D eigenvalue weighted by Crippen LogP contribution is 2.58. The Bertz CT molecular complexity index is 5690. The number of hydrogen-bond donors (Lipinski definition) is 0. The van der Waals surface area contributed by atoms with Crippen molar-refractivity contribution < 1.29 is 8.83 Å². The summed E-state index contributed by atoms with van der Waals surface area (Å²) in [6.07, 6.45) is 0. The van der Waals surface area contributed by atoms with E-state index in [1.54, 1.807) is 0 Å². The summed E-state index contributed by atoms with van der Waals surface area (Å²) in [5, 5.41) is 16.1. The van der Waals surface area contributed by atoms with Crippen molar-refractivity contribution in [3.05, 3.63) is 302 Å². The lowest BCUT2D eigenvalue weighted by atomic mass is 9.81. The molecule has 2 heterocycles. The van der Waals surface area contributed by atoms with Gasteiger partial charge in [0.25, 0.3) is 0 Å². The van der Waals surface area contributed by atoms with Gasteiger partial charge in [0, 0.05) is 60.5 Å². The van der Waals surface area contributed by atoms with Crippen molar-refractivity contribution in [2.24, 2.45) is 0 Å². The van der Waals surface area contributed by atoms with Crippen LogP contribution in [-0.4, -0.2) is 0 Å². The highest BCUT2D eigenvalue weighted by atomic mass is 16.3. The molecule has 1 aliphatic rings. The van der Waals surface area contributed by atoms with E-state index >= 15 is 0 Å². The summed E-state index contributed by atoms with van der Waals surface area (Å²) in [7, 11) is 0. The first kappa shape index (κ1) is 49.2. The van der Waals surface area contributed by atoms with E-state index in [0.29, 0.717) is 0 Å². The normalized spacial score (nSPS) is 12.8. The summed E-state index contributed by atoms with van der Waals surface area (Å²) in [6.45, 7) is 4.81. The Labute approximate surface area is 502 Å². The molecule has 0 saturated heterocycles. The first-order valence-corrected chi connectivity index (χ1v) is 30.1. The summed E-state index contributed by atoms with van der Waals surface area (Å²) >= 11 is 0. The van der Waals surface area contributed by atoms with Crippen LogP contribution in [-0.2, 0) is 5.41 Å². The smallest absolute Gasteiger partial charge is 0.160 e. The van der Waals surface area contributed by atoms with Crippen molar-refractivity contribution in [2.75, 3.05) is 9.80 Å². The number of anilines is 6. The molecule has 17 aromatic rings. The monoisotopic (exact) mass is 1110 g/mol. The Morgan fingerprint density at radius 1 is 0.253 bits per heavy atom. The van der Waals surface area contributed by atoms with Crippen molar-refractivity contribution in [1.29, 1.82) is 0 Å². The van der Waals surface area contributed by atoms with Gasteiger partial charge in [-0.05, 0) is 136 Å². The fourth-order valence-electron chi connectivity index (χ4n) is 14.8. The summed E-state index contributed by atoms with van der Waals surface area (Å²) in [5.41, 5.74) is 18.6. The first-order chi connectivity index (χ1) is 42.9. The van der Waals surface area contributed by atoms with Crippen LogP contribution in [0.1, 0.15) is 25.0 Å². The predicted molar refractivity (Wildman–Crippen MR) is 366 cm³/mol. The van der Waals surface area contributed by atoms with E-state index in [1.165, 1.54) is 49.2 Å². The molecule has 0 radical (unpaired) electrons. The fraction of sp³-hybridized carbons (Fsp3) is 0.0361. The lowest BCUT2D eigenvalue weighted by Crippen LogP contribution is -2.18. The third kappa shape index (κ3) is 7.31. The second-order valence-corrected chi connectivity index (χ2v) is 23.8. The SMILES string of the molecule is CC1(C)c2cc(N(c3ccccc3)c3cc4ccccc4c4c3oc3c(-c5cccc6ccccc56)cccc34)ccc2-c2c1cc(N(c1ccccc1)c1cc3ccccc3c3c1oc1c(-c4cccc5ccccc45)cccc13)c1ccccc21. The van der Waals surface area contributed by atoms with Gasteiger partial charge in [-0.1, -0.05) is 250 Å². The molecule has 0 amide bonds. The third-order valence-corrected chi connectivity index (χ3v) is 18.8. The molecule has 87 heavy (non-hydrogen) atoms. The quantitative estimate of drug-likeness (QED) is 0.152. The summed E-state index contributed by atoms with van der Waals surface area (Å²) in [5.74, 6) is 0. The third-order valence-electron chi connectivity index (χ3n) is 18.8. The highest BCUT2D eigenvalue weighted by Gasteiger charge is 2.39. The number of benzene rings is 15. The molecule has 4 nitrogen and oxygen atoms in total. The second-order valence-electron chi connectivity index (χ2n) is 23.8. The number of hydrogen-bond acceptors (Lipinski definition) is 4. The highest BCUT2D eigenvalue weighted by molar-refractivity contribution is 6.27. The fourth-order valence-corrected chi connectivity index (χ4v) is 14.8. The zero-order valence-electron chi connectivity index (χ0n) is 47.9. The molecule has 0 bridgehead atoms. The maximum atomic E-state index is 7.51. The van der Waals surface area contributed by atoms with Gasteiger partial charge in [0.15, 0.2) is 11.2 Å². The Kier molecular flexibility index (Phi) is 10.7. The van der Waals surface area contributed by atoms with Gasteiger partial charge in [-0.2, -0.15) is 0 Å². The minimum atomic E-state index is -0.443. The van der Waals surface area contributed by atoms with E-state index < -0.39 is 5.41 Å². The topological polar surface area (TPSA) is 32.8 Å². The molecule has 0 unspecified atom stereocenters. The molecule has 0 aliphatic heterocycles. The molecule has 0 N–H and O–H groups in total. The van der Waals surface area contributed by atoms with Gasteiger partial charge in [-0.3, -0.25) is 0 Å². The Hall–Kier alpha value is -11.2. The average Bonchev–Trinajstić information content (AvgIpc) is 1.68. The standard InChI is InChI=1S/C83H54N2O2/c1-83(2)71-49-57(84(55-29-5-3-6-30-55)74-47-53-25-11-15-35-60(53)77-69-43-21-41-66(79(69)86-81(74)77)62-39-19-27-51-23-9-13-33-58(51)62)45-46-68(71)76-65-38-18-17-37-64(65)73(50-72(76)83)85(56-31-7-4-8-32-56)75-48-54-26-12-16-36-61(54)78-70-44-22-42-67(80(70)87-82(75)78)63-40-20-28-52-24-10-14-34-59(52)63/h3-50H,1-2H3. The molecule has 4 heteroatoms. The minimum Gasteiger partial charge on any atom is -0.453 e. The molecule has 15 aromatic carbocycles. The number of rotatable bonds is 8. The van der Waals surface area contributed by atoms with Crippen LogP contribution in [0, 0.1) is 0 Å². The van der Waals surface area contributed by atoms with Crippen molar-refractivity contribution >= 4 is 132 Å². The maximum absolute atomic E-state index is 7.51. The van der Waals surface area contributed by atoms with Gasteiger partial charge in [0.1, 0.15) is 11.2 Å². The first-order valence-electron chi connectivity index (χ1n) is 30.1. The Morgan fingerprint density at radius 3 is 1.22 bits per heavy atom. The van der Waals surface area contributed by atoms with Crippen LogP contribution in [0.3, 0.4) is 0 Å². The number of nitrogens with zero attached hydrogens (tertiary/aromatic N) is 2. The van der Waals surface area contributed by atoms with Gasteiger partial charge in [0.2, 0.25) is 0 Å². The van der Waals surface area contributed by atoms with Gasteiger partial charge in [-0.25, -0.2) is 0 Å². The molecule has 0 fully saturated rings. The van der Waals surface area contributed by atoms with Gasteiger partial charge >= 0.3 is 0 Å². The molecule has 1 aliphatic carbocycles. The van der Waals surface area contributed by atoms with E-state index in [4.69, 9.17) is 8.83 Å². The molecule has 0 saturated carbocycles. The Morgan fingerprint density at radius 2 is 0.667 bits per heavy atom. The van der Waals surface area contributed by atoms with Crippen LogP contribution in [0.5, 0.6) is 0 Å². The van der Waals surface area contributed by atoms with Crippen LogP contribution in [0.25, 0.3) is 131 Å². The van der Waals surface area contributed by atoms with Gasteiger partial charge in [0.05, 0.1) is 17.1 Å². The molecule has 0 spiro atoms. The molecule has 18 rings (SSSR count). The average molecular weight is 1110 g/mol. The van der Waals surface area contributed by atoms with Gasteiger partial charge < -0.3 is 18.6 Å². The van der Waals surface area contributed by atoms with Crippen LogP contribution < -0.4 is 9.80 Å². The number of para-hydroxylation sites is 4. The van der Waals surface area contributed by atoms with Crippen molar-refractivity contribution in [2.45, 2.75) is 19.3 Å². The summed E-state index contributed by atoms with van der Waals surface area (Å²) < 4.78 is 15.0. The lowest BCUT2D eigenvalue weighted by Gasteiger charge is -2.30. The molecule has 2 aromatic heterocycles. The van der Waals surface area contributed by atoms with Gasteiger partial charge in [-0.15, -0.1) is 0 Å². The van der Waals surface area contributed by atoms with Crippen LogP contribution in [0.2, 0.25) is 0 Å². The molecule has 0 atom stereocenters. The largest absolute Gasteiger partial charge is 0.453 e. The van der Waals surface area contributed by atoms with E-state index in [9.17, 15) is 0 Å². The van der Waals surface area contributed by atoms with Crippen molar-refractivity contribution in [1.82, 2.24) is 0 Å². The van der Waals surface area contributed by atoms with Crippen molar-refractivity contribution in [3.63, 3.8) is 0 Å². The van der Waals surface area contributed by atoms with E-state index in [2.05, 4.69) is 315 Å². The van der Waals surface area contributed by atoms with E-state index in [0.717, 1.165) is 127 Å². The molecule has 408 valence electrons. The molecular formula is C83H54N2O2. The van der Waals surface area contributed by atoms with Crippen molar-refractivity contribution in [3.8, 4) is 33.4 Å². The number of furan rings is 2. The summed E-state index contributed by atoms with van der Waals surface area (Å²) in [6, 6.07) is 106.